The molecule has 0 unspecified atom stereocenters. The molecule has 6 nitrogen and oxygen atoms in total. The van der Waals surface area contributed by atoms with Crippen LogP contribution in [0.2, 0.25) is 0 Å². The van der Waals surface area contributed by atoms with Crippen molar-refractivity contribution < 1.29 is 17.9 Å². The molecule has 1 amide bonds. The average molecular weight is 487 g/mol. The van der Waals surface area contributed by atoms with Crippen molar-refractivity contribution in [2.24, 2.45) is 4.99 Å². The second-order valence-electron chi connectivity index (χ2n) is 8.47. The van der Waals surface area contributed by atoms with Crippen LogP contribution in [0.25, 0.3) is 0 Å². The van der Waals surface area contributed by atoms with Gasteiger partial charge in [-0.05, 0) is 30.5 Å². The second kappa shape index (κ2) is 10.3. The highest BCUT2D eigenvalue weighted by Crippen LogP contribution is 2.42. The van der Waals surface area contributed by atoms with E-state index in [-0.39, 0.29) is 34.6 Å². The molecule has 0 spiro atoms. The first-order valence-corrected chi connectivity index (χ1v) is 14.2. The number of benzene rings is 2. The lowest BCUT2D eigenvalue weighted by Crippen LogP contribution is -2.37. The van der Waals surface area contributed by atoms with E-state index in [0.717, 1.165) is 29.8 Å². The number of amides is 1. The molecule has 0 radical (unpaired) electrons. The maximum absolute atomic E-state index is 13.2. The number of rotatable bonds is 8. The molecular weight excluding hydrogens is 456 g/mol. The van der Waals surface area contributed by atoms with Gasteiger partial charge in [0.1, 0.15) is 5.75 Å². The fourth-order valence-electron chi connectivity index (χ4n) is 4.33. The normalized spacial score (nSPS) is 23.5. The van der Waals surface area contributed by atoms with Gasteiger partial charge in [-0.1, -0.05) is 68.4 Å². The highest BCUT2D eigenvalue weighted by atomic mass is 32.2. The van der Waals surface area contributed by atoms with Gasteiger partial charge in [-0.25, -0.2) is 8.42 Å². The van der Waals surface area contributed by atoms with E-state index in [4.69, 9.17) is 4.74 Å². The van der Waals surface area contributed by atoms with Gasteiger partial charge in [0.25, 0.3) is 5.91 Å². The molecule has 3 atom stereocenters. The first-order valence-electron chi connectivity index (χ1n) is 11.5. The maximum atomic E-state index is 13.2. The van der Waals surface area contributed by atoms with E-state index in [1.165, 1.54) is 11.8 Å². The van der Waals surface area contributed by atoms with E-state index in [1.807, 2.05) is 66.4 Å². The molecule has 2 heterocycles. The van der Waals surface area contributed by atoms with E-state index in [0.29, 0.717) is 18.2 Å². The topological polar surface area (TPSA) is 76.0 Å². The third-order valence-corrected chi connectivity index (χ3v) is 9.25. The van der Waals surface area contributed by atoms with Gasteiger partial charge in [0.15, 0.2) is 15.0 Å². The lowest BCUT2D eigenvalue weighted by Gasteiger charge is -2.25. The van der Waals surface area contributed by atoms with Crippen LogP contribution < -0.4 is 9.64 Å². The van der Waals surface area contributed by atoms with E-state index >= 15 is 0 Å². The van der Waals surface area contributed by atoms with E-state index in [1.54, 1.807) is 0 Å². The number of carbonyl (C=O) groups is 1. The Balaban J connectivity index is 1.66. The molecule has 0 aliphatic carbocycles. The molecule has 8 heteroatoms. The second-order valence-corrected chi connectivity index (χ2v) is 11.8. The third kappa shape index (κ3) is 5.44. The Morgan fingerprint density at radius 2 is 1.94 bits per heavy atom. The summed E-state index contributed by atoms with van der Waals surface area (Å²) < 4.78 is 30.6. The zero-order chi connectivity index (χ0) is 23.4. The van der Waals surface area contributed by atoms with Gasteiger partial charge in [-0.2, -0.15) is 4.99 Å². The average Bonchev–Trinajstić information content (AvgIpc) is 3.26. The number of thioether (sulfide) groups is 1. The molecule has 2 saturated heterocycles. The van der Waals surface area contributed by atoms with Crippen LogP contribution in [0.1, 0.15) is 44.6 Å². The number of nitrogens with zero attached hydrogens (tertiary/aromatic N) is 2. The van der Waals surface area contributed by atoms with Gasteiger partial charge in [-0.15, -0.1) is 0 Å². The number of ether oxygens (including phenoxy) is 1. The number of sulfone groups is 1. The third-order valence-electron chi connectivity index (χ3n) is 6.04. The largest absolute Gasteiger partial charge is 0.494 e. The molecular formula is C25H30N2O4S2. The Morgan fingerprint density at radius 3 is 2.67 bits per heavy atom. The number of amidine groups is 1. The van der Waals surface area contributed by atoms with Crippen molar-refractivity contribution in [1.82, 2.24) is 0 Å². The Labute approximate surface area is 200 Å². The van der Waals surface area contributed by atoms with E-state index < -0.39 is 9.84 Å². The number of hydrogen-bond donors (Lipinski definition) is 0. The fourth-order valence-corrected chi connectivity index (χ4v) is 8.25. The quantitative estimate of drug-likeness (QED) is 0.505. The number of unbranched alkanes of at least 4 members (excludes halogenated alkanes) is 1. The Morgan fingerprint density at radius 1 is 1.15 bits per heavy atom. The summed E-state index contributed by atoms with van der Waals surface area (Å²) in [6, 6.07) is 17.1. The number of fused-ring (bicyclic) bond motifs is 1. The smallest absolute Gasteiger partial charge is 0.255 e. The Bertz CT molecular complexity index is 1120. The minimum absolute atomic E-state index is 0.0642. The first-order chi connectivity index (χ1) is 15.9. The summed E-state index contributed by atoms with van der Waals surface area (Å²) in [5.74, 6) is 0.378. The highest BCUT2D eigenvalue weighted by Gasteiger charge is 2.49. The van der Waals surface area contributed by atoms with Crippen LogP contribution in [0.3, 0.4) is 0 Å². The summed E-state index contributed by atoms with van der Waals surface area (Å²) in [6.07, 6.45) is 2.65. The summed E-state index contributed by atoms with van der Waals surface area (Å²) in [6.45, 7) is 4.72. The van der Waals surface area contributed by atoms with Crippen LogP contribution in [0.4, 0.5) is 5.69 Å². The summed E-state index contributed by atoms with van der Waals surface area (Å²) >= 11 is 1.40. The minimum Gasteiger partial charge on any atom is -0.494 e. The van der Waals surface area contributed by atoms with Gasteiger partial charge in [0.2, 0.25) is 0 Å². The first kappa shape index (κ1) is 23.8. The van der Waals surface area contributed by atoms with Crippen LogP contribution in [-0.2, 0) is 14.6 Å². The number of aliphatic imine (C=N–C) groups is 1. The predicted molar refractivity (Wildman–Crippen MR) is 135 cm³/mol. The summed E-state index contributed by atoms with van der Waals surface area (Å²) in [5.41, 5.74) is 1.75. The van der Waals surface area contributed by atoms with Gasteiger partial charge < -0.3 is 9.64 Å². The van der Waals surface area contributed by atoms with Crippen molar-refractivity contribution in [2.45, 2.75) is 50.3 Å². The van der Waals surface area contributed by atoms with Crippen LogP contribution in [-0.4, -0.2) is 48.9 Å². The molecule has 0 saturated carbocycles. The maximum Gasteiger partial charge on any atom is 0.255 e. The van der Waals surface area contributed by atoms with Crippen molar-refractivity contribution in [3.05, 3.63) is 60.2 Å². The Kier molecular flexibility index (Phi) is 7.44. The molecule has 2 aromatic carbocycles. The number of carbonyl (C=O) groups excluding carboxylic acids is 1. The van der Waals surface area contributed by atoms with Gasteiger partial charge in [-0.3, -0.25) is 4.79 Å². The van der Waals surface area contributed by atoms with Gasteiger partial charge >= 0.3 is 0 Å². The molecule has 2 aliphatic heterocycles. The van der Waals surface area contributed by atoms with Crippen molar-refractivity contribution >= 4 is 38.4 Å². The lowest BCUT2D eigenvalue weighted by atomic mass is 9.96. The Hall–Kier alpha value is -2.32. The molecule has 0 aromatic heterocycles. The van der Waals surface area contributed by atoms with Gasteiger partial charge in [0.05, 0.1) is 30.1 Å². The van der Waals surface area contributed by atoms with Gasteiger partial charge in [0, 0.05) is 17.0 Å². The molecule has 2 aromatic rings. The zero-order valence-corrected chi connectivity index (χ0v) is 20.6. The minimum atomic E-state index is -3.12. The van der Waals surface area contributed by atoms with Crippen LogP contribution >= 0.6 is 11.8 Å². The van der Waals surface area contributed by atoms with Crippen LogP contribution in [0.15, 0.2) is 59.6 Å². The molecule has 0 bridgehead atoms. The van der Waals surface area contributed by atoms with Crippen molar-refractivity contribution in [3.63, 3.8) is 0 Å². The van der Waals surface area contributed by atoms with Crippen LogP contribution in [0, 0.1) is 0 Å². The van der Waals surface area contributed by atoms with E-state index in [9.17, 15) is 13.2 Å². The lowest BCUT2D eigenvalue weighted by molar-refractivity contribution is -0.119. The van der Waals surface area contributed by atoms with E-state index in [2.05, 4.69) is 11.9 Å². The molecule has 2 fully saturated rings. The van der Waals surface area contributed by atoms with Crippen molar-refractivity contribution in [1.29, 1.82) is 0 Å². The number of anilines is 1. The fraction of sp³-hybridized carbons (Fsp3) is 0.440. The molecule has 2 aliphatic rings. The van der Waals surface area contributed by atoms with Crippen LogP contribution in [0.5, 0.6) is 5.75 Å². The SMILES string of the molecule is CCCCOc1cccc(N2C(=NC(=O)[C@@H](CC)c3ccccc3)S[C@@H]3CS(=O)(=O)C[C@H]32)c1. The zero-order valence-electron chi connectivity index (χ0n) is 19.0. The highest BCUT2D eigenvalue weighted by molar-refractivity contribution is 8.16. The molecule has 33 heavy (non-hydrogen) atoms. The standard InChI is InChI=1S/C25H30N2O4S2/c1-3-5-14-31-20-13-9-12-19(15-20)27-22-16-33(29,30)17-23(22)32-25(27)26-24(28)21(4-2)18-10-7-6-8-11-18/h6-13,15,21-23H,3-5,14,16-17H2,1-2H3/t21-,22+,23+/m0/s1. The monoisotopic (exact) mass is 486 g/mol. The predicted octanol–water partition coefficient (Wildman–Crippen LogP) is 4.66. The molecule has 176 valence electrons. The molecule has 0 N–H and O–H groups in total. The summed E-state index contributed by atoms with van der Waals surface area (Å²) in [7, 11) is -3.12. The van der Waals surface area contributed by atoms with Crippen molar-refractivity contribution in [3.8, 4) is 5.75 Å². The molecule has 4 rings (SSSR count). The summed E-state index contributed by atoms with van der Waals surface area (Å²) in [4.78, 5) is 19.7. The summed E-state index contributed by atoms with van der Waals surface area (Å²) in [5, 5.41) is 0.438. The van der Waals surface area contributed by atoms with Crippen molar-refractivity contribution in [2.75, 3.05) is 23.0 Å². The number of hydrogen-bond acceptors (Lipinski definition) is 5.